The lowest BCUT2D eigenvalue weighted by Crippen LogP contribution is -2.35. The molecule has 0 spiro atoms. The first-order valence-corrected chi connectivity index (χ1v) is 9.78. The van der Waals surface area contributed by atoms with Crippen molar-refractivity contribution in [1.29, 1.82) is 0 Å². The number of hydrogen-bond donors (Lipinski definition) is 0. The van der Waals surface area contributed by atoms with Crippen molar-refractivity contribution in [2.24, 2.45) is 5.10 Å². The number of allylic oxidation sites excluding steroid dienone is 1. The van der Waals surface area contributed by atoms with E-state index in [4.69, 9.17) is 0 Å². The van der Waals surface area contributed by atoms with Crippen molar-refractivity contribution < 1.29 is 18.0 Å². The van der Waals surface area contributed by atoms with Crippen LogP contribution in [0, 0.1) is 0 Å². The minimum atomic E-state index is -2.44. The fraction of sp³-hybridized carbons (Fsp3) is 0.579. The van der Waals surface area contributed by atoms with Gasteiger partial charge in [0.05, 0.1) is 29.2 Å². The molecule has 0 aromatic carbocycles. The minimum Gasteiger partial charge on any atom is -0.338 e. The Morgan fingerprint density at radius 2 is 1.93 bits per heavy atom. The summed E-state index contributed by atoms with van der Waals surface area (Å²) >= 11 is 1.38. The van der Waals surface area contributed by atoms with Crippen molar-refractivity contribution in [3.05, 3.63) is 34.5 Å². The molecule has 4 nitrogen and oxygen atoms in total. The fourth-order valence-electron chi connectivity index (χ4n) is 2.77. The summed E-state index contributed by atoms with van der Waals surface area (Å²) in [5, 5.41) is 5.58. The molecule has 1 aromatic rings. The van der Waals surface area contributed by atoms with Gasteiger partial charge in [0.15, 0.2) is 0 Å². The highest BCUT2D eigenvalue weighted by molar-refractivity contribution is 7.16. The lowest BCUT2D eigenvalue weighted by Gasteiger charge is -2.26. The Balaban J connectivity index is 0.00000176. The van der Waals surface area contributed by atoms with Gasteiger partial charge in [0.25, 0.3) is 12.3 Å². The number of alkyl halides is 3. The average molecular weight is 404 g/mol. The lowest BCUT2D eigenvalue weighted by atomic mass is 10.1. The smallest absolute Gasteiger partial charge is 0.263 e. The fourth-order valence-corrected chi connectivity index (χ4v) is 3.75. The van der Waals surface area contributed by atoms with Gasteiger partial charge in [-0.05, 0) is 44.2 Å². The van der Waals surface area contributed by atoms with E-state index in [2.05, 4.69) is 11.7 Å². The van der Waals surface area contributed by atoms with Crippen LogP contribution in [0.25, 0.3) is 0 Å². The van der Waals surface area contributed by atoms with Gasteiger partial charge >= 0.3 is 0 Å². The largest absolute Gasteiger partial charge is 0.338 e. The summed E-state index contributed by atoms with van der Waals surface area (Å²) in [5.74, 6) is 0.0555. The predicted octanol–water partition coefficient (Wildman–Crippen LogP) is 4.83. The Kier molecular flexibility index (Phi) is 10.8. The van der Waals surface area contributed by atoms with Crippen molar-refractivity contribution in [1.82, 2.24) is 9.91 Å². The first-order valence-electron chi connectivity index (χ1n) is 8.96. The van der Waals surface area contributed by atoms with Crippen molar-refractivity contribution in [3.63, 3.8) is 0 Å². The molecular formula is C19H28F3N3OS. The zero-order valence-corrected chi connectivity index (χ0v) is 16.8. The van der Waals surface area contributed by atoms with Crippen LogP contribution in [0.4, 0.5) is 13.2 Å². The second-order valence-electron chi connectivity index (χ2n) is 6.12. The summed E-state index contributed by atoms with van der Waals surface area (Å²) in [6.45, 7) is 4.90. The van der Waals surface area contributed by atoms with Crippen molar-refractivity contribution in [2.75, 3.05) is 33.9 Å². The highest BCUT2D eigenvalue weighted by Crippen LogP contribution is 2.23. The molecule has 8 heteroatoms. The highest BCUT2D eigenvalue weighted by atomic mass is 32.1. The van der Waals surface area contributed by atoms with Crippen LogP contribution in [0.1, 0.15) is 46.7 Å². The van der Waals surface area contributed by atoms with Gasteiger partial charge in [0.2, 0.25) is 0 Å². The van der Waals surface area contributed by atoms with Gasteiger partial charge in [-0.2, -0.15) is 5.10 Å². The zero-order valence-electron chi connectivity index (χ0n) is 16.0. The Hall–Kier alpha value is -1.83. The van der Waals surface area contributed by atoms with E-state index >= 15 is 0 Å². The van der Waals surface area contributed by atoms with Crippen molar-refractivity contribution in [2.45, 2.75) is 38.5 Å². The Morgan fingerprint density at radius 3 is 2.52 bits per heavy atom. The molecule has 1 saturated heterocycles. The number of amides is 1. The first kappa shape index (κ1) is 23.2. The maximum Gasteiger partial charge on any atom is 0.263 e. The van der Waals surface area contributed by atoms with Crippen LogP contribution in [0.5, 0.6) is 0 Å². The second kappa shape index (κ2) is 12.5. The van der Waals surface area contributed by atoms with E-state index in [1.807, 2.05) is 17.0 Å². The summed E-state index contributed by atoms with van der Waals surface area (Å²) in [5.41, 5.74) is 0.714. The number of rotatable bonds is 8. The Morgan fingerprint density at radius 1 is 1.30 bits per heavy atom. The monoisotopic (exact) mass is 403 g/mol. The van der Waals surface area contributed by atoms with Crippen LogP contribution in [0.3, 0.4) is 0 Å². The van der Waals surface area contributed by atoms with E-state index in [1.165, 1.54) is 29.8 Å². The number of thiophene rings is 1. The quantitative estimate of drug-likeness (QED) is 0.354. The molecule has 1 aliphatic heterocycles. The normalized spacial score (nSPS) is 14.6. The van der Waals surface area contributed by atoms with Gasteiger partial charge in [0.1, 0.15) is 0 Å². The number of nitrogens with zero attached hydrogens (tertiary/aromatic N) is 3. The predicted molar refractivity (Wildman–Crippen MR) is 106 cm³/mol. The summed E-state index contributed by atoms with van der Waals surface area (Å²) in [4.78, 5) is 16.0. The van der Waals surface area contributed by atoms with Gasteiger partial charge in [0, 0.05) is 20.1 Å². The molecule has 0 unspecified atom stereocenters. The number of carbonyl (C=O) groups excluding carboxylic acids is 1. The van der Waals surface area contributed by atoms with Crippen molar-refractivity contribution >= 4 is 23.0 Å². The minimum absolute atomic E-state index is 0.0555. The maximum absolute atomic E-state index is 12.6. The van der Waals surface area contributed by atoms with Crippen LogP contribution in [-0.2, 0) is 0 Å². The lowest BCUT2D eigenvalue weighted by molar-refractivity contribution is 0.0729. The SMILES string of the molecule is C=CCC/C(=N\N(C)CC(F)F)c1ccc(C(=O)N2CCCCC2)s1.CF. The highest BCUT2D eigenvalue weighted by Gasteiger charge is 2.20. The summed E-state index contributed by atoms with van der Waals surface area (Å²) < 4.78 is 34.6. The second-order valence-corrected chi connectivity index (χ2v) is 7.21. The molecule has 0 bridgehead atoms. The summed E-state index contributed by atoms with van der Waals surface area (Å²) in [6, 6.07) is 3.67. The van der Waals surface area contributed by atoms with Gasteiger partial charge in [-0.25, -0.2) is 8.78 Å². The van der Waals surface area contributed by atoms with Crippen molar-refractivity contribution in [3.8, 4) is 0 Å². The van der Waals surface area contributed by atoms with Gasteiger partial charge in [-0.15, -0.1) is 17.9 Å². The molecule has 1 aliphatic rings. The number of hydrogen-bond acceptors (Lipinski definition) is 4. The summed E-state index contributed by atoms with van der Waals surface area (Å²) in [6.07, 6.45) is 3.92. The third-order valence-corrected chi connectivity index (χ3v) is 5.15. The van der Waals surface area contributed by atoms with E-state index < -0.39 is 13.0 Å². The Bertz CT molecular complexity index is 613. The van der Waals surface area contributed by atoms with Crippen LogP contribution in [0.15, 0.2) is 29.9 Å². The number of carbonyl (C=O) groups is 1. The van der Waals surface area contributed by atoms with Gasteiger partial charge < -0.3 is 4.90 Å². The van der Waals surface area contributed by atoms with Crippen LogP contribution >= 0.6 is 11.3 Å². The zero-order chi connectivity index (χ0) is 20.2. The van der Waals surface area contributed by atoms with Crippen LogP contribution in [0.2, 0.25) is 0 Å². The number of piperidine rings is 1. The van der Waals surface area contributed by atoms with Crippen LogP contribution < -0.4 is 0 Å². The molecule has 0 saturated carbocycles. The first-order chi connectivity index (χ1) is 13.0. The van der Waals surface area contributed by atoms with E-state index in [-0.39, 0.29) is 5.91 Å². The van der Waals surface area contributed by atoms with Crippen LogP contribution in [-0.4, -0.2) is 61.8 Å². The number of hydrazone groups is 1. The molecule has 27 heavy (non-hydrogen) atoms. The molecule has 0 aliphatic carbocycles. The topological polar surface area (TPSA) is 35.9 Å². The molecule has 1 amide bonds. The maximum atomic E-state index is 12.6. The third kappa shape index (κ3) is 7.74. The summed E-state index contributed by atoms with van der Waals surface area (Å²) in [7, 11) is 2.04. The molecule has 2 heterocycles. The van der Waals surface area contributed by atoms with Gasteiger partial charge in [-0.3, -0.25) is 14.2 Å². The molecule has 1 fully saturated rings. The van der Waals surface area contributed by atoms with E-state index in [0.717, 1.165) is 30.8 Å². The molecule has 0 atom stereocenters. The van der Waals surface area contributed by atoms with E-state index in [0.29, 0.717) is 30.6 Å². The molecule has 2 rings (SSSR count). The Labute approximate surface area is 163 Å². The standard InChI is InChI=1S/C18H25F2N3OS.CH3F/c1-3-4-8-14(21-22(2)13-17(19)20)15-9-10-16(25-15)18(24)23-11-6-5-7-12-23;1-2/h3,9-10,17H,1,4-8,11-13H2,2H3;1H3/b21-14+;. The third-order valence-electron chi connectivity index (χ3n) is 4.02. The average Bonchev–Trinajstić information content (AvgIpc) is 3.16. The molecule has 0 N–H and O–H groups in total. The molecular weight excluding hydrogens is 375 g/mol. The van der Waals surface area contributed by atoms with Gasteiger partial charge in [-0.1, -0.05) is 6.08 Å². The van der Waals surface area contributed by atoms with E-state index in [9.17, 15) is 18.0 Å². The molecule has 152 valence electrons. The van der Waals surface area contributed by atoms with E-state index in [1.54, 1.807) is 6.08 Å². The molecule has 0 radical (unpaired) electrons. The number of likely N-dealkylation sites (tertiary alicyclic amines) is 1. The molecule has 1 aromatic heterocycles. The number of halogens is 3.